The van der Waals surface area contributed by atoms with Crippen LogP contribution in [-0.4, -0.2) is 17.4 Å². The molecule has 0 aromatic heterocycles. The Morgan fingerprint density at radius 2 is 1.61 bits per heavy atom. The van der Waals surface area contributed by atoms with Crippen molar-refractivity contribution >= 4 is 20.6 Å². The van der Waals surface area contributed by atoms with Crippen molar-refractivity contribution in [3.63, 3.8) is 0 Å². The van der Waals surface area contributed by atoms with E-state index in [1.807, 2.05) is 6.92 Å². The number of rotatable bonds is 3. The highest BCUT2D eigenvalue weighted by molar-refractivity contribution is 8.12. The van der Waals surface area contributed by atoms with E-state index in [0.29, 0.717) is 4.90 Å². The molecule has 0 saturated heterocycles. The van der Waals surface area contributed by atoms with Gasteiger partial charge in [0.05, 0.1) is 15.5 Å². The molecule has 0 aliphatic rings. The predicted molar refractivity (Wildman–Crippen MR) is 75.4 cm³/mol. The van der Waals surface area contributed by atoms with Crippen LogP contribution in [0.5, 0.6) is 0 Å². The Labute approximate surface area is 111 Å². The highest BCUT2D eigenvalue weighted by Gasteiger charge is 2.35. The van der Waals surface area contributed by atoms with E-state index in [9.17, 15) is 12.6 Å². The van der Waals surface area contributed by atoms with E-state index in [4.69, 9.17) is 0 Å². The van der Waals surface area contributed by atoms with Crippen LogP contribution in [0.4, 0.5) is 0 Å². The van der Waals surface area contributed by atoms with Crippen LogP contribution < -0.4 is 0 Å². The minimum absolute atomic E-state index is 0.237. The molecule has 0 amide bonds. The first kappa shape index (κ1) is 15.1. The highest BCUT2D eigenvalue weighted by atomic mass is 32.3. The molecule has 1 aromatic carbocycles. The smallest absolute Gasteiger partial charge is 0.191 e. The van der Waals surface area contributed by atoms with E-state index in [1.54, 1.807) is 45.0 Å². The van der Waals surface area contributed by atoms with Crippen molar-refractivity contribution in [2.45, 2.75) is 37.3 Å². The van der Waals surface area contributed by atoms with Crippen molar-refractivity contribution < 1.29 is 12.6 Å². The Balaban J connectivity index is 3.14. The van der Waals surface area contributed by atoms with Gasteiger partial charge < -0.3 is 0 Å². The molecule has 3 nitrogen and oxygen atoms in total. The van der Waals surface area contributed by atoms with E-state index >= 15 is 0 Å². The van der Waals surface area contributed by atoms with Crippen LogP contribution in [0.25, 0.3) is 0 Å². The molecule has 0 radical (unpaired) electrons. The standard InChI is InChI=1S/C13H18O3S2/c1-10-6-8-12(9-7-10)17(14)11(2)18(15,16)13(3,4)5/h6-9H,2H2,1,3-5H3/t17-/m1/s1. The maximum absolute atomic E-state index is 12.2. The Morgan fingerprint density at radius 3 is 2.00 bits per heavy atom. The van der Waals surface area contributed by atoms with Gasteiger partial charge in [-0.1, -0.05) is 24.3 Å². The lowest BCUT2D eigenvalue weighted by atomic mass is 10.2. The van der Waals surface area contributed by atoms with Crippen LogP contribution in [-0.2, 0) is 20.6 Å². The molecule has 0 N–H and O–H groups in total. The summed E-state index contributed by atoms with van der Waals surface area (Å²) in [4.78, 5) is 0.457. The Bertz CT molecular complexity index is 576. The number of hydrogen-bond donors (Lipinski definition) is 0. The molecule has 18 heavy (non-hydrogen) atoms. The summed E-state index contributed by atoms with van der Waals surface area (Å²) in [6.45, 7) is 10.1. The molecule has 0 bridgehead atoms. The quantitative estimate of drug-likeness (QED) is 0.858. The molecule has 100 valence electrons. The summed E-state index contributed by atoms with van der Waals surface area (Å²) in [6, 6.07) is 6.91. The molecule has 0 aliphatic carbocycles. The van der Waals surface area contributed by atoms with Gasteiger partial charge in [0.25, 0.3) is 0 Å². The third-order valence-electron chi connectivity index (χ3n) is 2.55. The van der Waals surface area contributed by atoms with Crippen LogP contribution >= 0.6 is 0 Å². The molecule has 0 aliphatic heterocycles. The average molecular weight is 286 g/mol. The first-order valence-corrected chi connectivity index (χ1v) is 8.12. The summed E-state index contributed by atoms with van der Waals surface area (Å²) in [5.74, 6) is 0. The summed E-state index contributed by atoms with van der Waals surface area (Å²) in [5, 5.41) is 0. The van der Waals surface area contributed by atoms with Crippen molar-refractivity contribution in [1.29, 1.82) is 0 Å². The number of hydrogen-bond acceptors (Lipinski definition) is 3. The van der Waals surface area contributed by atoms with Crippen LogP contribution in [0.1, 0.15) is 26.3 Å². The van der Waals surface area contributed by atoms with Gasteiger partial charge >= 0.3 is 0 Å². The molecule has 0 fully saturated rings. The van der Waals surface area contributed by atoms with Gasteiger partial charge in [-0.2, -0.15) is 0 Å². The highest BCUT2D eigenvalue weighted by Crippen LogP contribution is 2.27. The predicted octanol–water partition coefficient (Wildman–Crippen LogP) is 2.79. The summed E-state index contributed by atoms with van der Waals surface area (Å²) >= 11 is 0. The zero-order valence-electron chi connectivity index (χ0n) is 11.1. The second-order valence-electron chi connectivity index (χ2n) is 5.07. The molecular formula is C13H18O3S2. The summed E-state index contributed by atoms with van der Waals surface area (Å²) in [5.41, 5.74) is 1.03. The van der Waals surface area contributed by atoms with Crippen LogP contribution in [0.15, 0.2) is 40.0 Å². The van der Waals surface area contributed by atoms with Gasteiger partial charge in [-0.15, -0.1) is 0 Å². The molecule has 0 heterocycles. The Morgan fingerprint density at radius 1 is 1.17 bits per heavy atom. The van der Waals surface area contributed by atoms with E-state index < -0.39 is 25.4 Å². The molecule has 0 saturated carbocycles. The van der Waals surface area contributed by atoms with Gasteiger partial charge in [0.1, 0.15) is 4.24 Å². The topological polar surface area (TPSA) is 51.2 Å². The Hall–Kier alpha value is -0.940. The molecule has 1 atom stereocenters. The monoisotopic (exact) mass is 286 g/mol. The van der Waals surface area contributed by atoms with Crippen molar-refractivity contribution in [3.8, 4) is 0 Å². The van der Waals surface area contributed by atoms with Gasteiger partial charge in [-0.05, 0) is 39.8 Å². The molecular weight excluding hydrogens is 268 g/mol. The van der Waals surface area contributed by atoms with Crippen molar-refractivity contribution in [3.05, 3.63) is 40.6 Å². The van der Waals surface area contributed by atoms with Crippen molar-refractivity contribution in [1.82, 2.24) is 0 Å². The average Bonchev–Trinajstić information content (AvgIpc) is 2.26. The summed E-state index contributed by atoms with van der Waals surface area (Å²) in [7, 11) is -5.36. The molecule has 1 rings (SSSR count). The minimum atomic E-state index is -3.63. The normalized spacial score (nSPS) is 14.2. The maximum atomic E-state index is 12.2. The lowest BCUT2D eigenvalue weighted by molar-refractivity contribution is 0.569. The zero-order valence-corrected chi connectivity index (χ0v) is 12.7. The van der Waals surface area contributed by atoms with Crippen molar-refractivity contribution in [2.24, 2.45) is 0 Å². The molecule has 0 unspecified atom stereocenters. The summed E-state index contributed by atoms with van der Waals surface area (Å²) in [6.07, 6.45) is 0. The first-order valence-electron chi connectivity index (χ1n) is 5.49. The number of sulfone groups is 1. The van der Waals surface area contributed by atoms with Gasteiger partial charge in [0.2, 0.25) is 0 Å². The molecule has 5 heteroatoms. The molecule has 1 aromatic rings. The fraction of sp³-hybridized carbons (Fsp3) is 0.385. The lowest BCUT2D eigenvalue weighted by Crippen LogP contribution is -2.30. The lowest BCUT2D eigenvalue weighted by Gasteiger charge is -2.20. The van der Waals surface area contributed by atoms with Crippen LogP contribution in [0.2, 0.25) is 0 Å². The SMILES string of the molecule is C=C([S@@](=O)c1ccc(C)cc1)S(=O)(=O)C(C)(C)C. The van der Waals surface area contributed by atoms with E-state index in [-0.39, 0.29) is 4.24 Å². The summed E-state index contributed by atoms with van der Waals surface area (Å²) < 4.78 is 35.2. The zero-order chi connectivity index (χ0) is 14.1. The van der Waals surface area contributed by atoms with Gasteiger partial charge in [0.15, 0.2) is 9.84 Å². The molecule has 0 spiro atoms. The number of benzene rings is 1. The van der Waals surface area contributed by atoms with Crippen molar-refractivity contribution in [2.75, 3.05) is 0 Å². The largest absolute Gasteiger partial charge is 0.248 e. The third kappa shape index (κ3) is 2.90. The van der Waals surface area contributed by atoms with E-state index in [1.165, 1.54) is 0 Å². The minimum Gasteiger partial charge on any atom is -0.248 e. The van der Waals surface area contributed by atoms with E-state index in [2.05, 4.69) is 6.58 Å². The second kappa shape index (κ2) is 4.97. The first-order chi connectivity index (χ1) is 8.07. The fourth-order valence-electron chi connectivity index (χ4n) is 1.23. The Kier molecular flexibility index (Phi) is 4.18. The second-order valence-corrected chi connectivity index (χ2v) is 9.55. The van der Waals surface area contributed by atoms with Gasteiger partial charge in [-0.3, -0.25) is 0 Å². The third-order valence-corrected chi connectivity index (χ3v) is 6.99. The number of aryl methyl sites for hydroxylation is 1. The van der Waals surface area contributed by atoms with Gasteiger partial charge in [-0.25, -0.2) is 12.6 Å². The fourth-order valence-corrected chi connectivity index (χ4v) is 4.40. The van der Waals surface area contributed by atoms with Gasteiger partial charge in [0, 0.05) is 4.90 Å². The van der Waals surface area contributed by atoms with Crippen LogP contribution in [0.3, 0.4) is 0 Å². The maximum Gasteiger partial charge on any atom is 0.191 e. The van der Waals surface area contributed by atoms with Crippen LogP contribution in [0, 0.1) is 6.92 Å². The van der Waals surface area contributed by atoms with E-state index in [0.717, 1.165) is 5.56 Å².